The van der Waals surface area contributed by atoms with Crippen LogP contribution in [0, 0.1) is 6.92 Å². The van der Waals surface area contributed by atoms with E-state index >= 15 is 0 Å². The van der Waals surface area contributed by atoms with Gasteiger partial charge < -0.3 is 15.4 Å². The molecule has 24 heavy (non-hydrogen) atoms. The number of hydrogen-bond donors (Lipinski definition) is 2. The molecule has 130 valence electrons. The number of nitrogens with one attached hydrogen (secondary N) is 2. The molecule has 1 amide bonds. The van der Waals surface area contributed by atoms with Gasteiger partial charge in [-0.15, -0.1) is 23.7 Å². The topological polar surface area (TPSA) is 63.2 Å². The SMILES string of the molecule is Cc1nc(-c2ccccc2)sc1C(C)NC(=O)C1CNCCO1.Cl. The highest BCUT2D eigenvalue weighted by molar-refractivity contribution is 7.15. The zero-order valence-electron chi connectivity index (χ0n) is 13.7. The van der Waals surface area contributed by atoms with Crippen molar-refractivity contribution in [1.29, 1.82) is 0 Å². The standard InChI is InChI=1S/C17H21N3O2S.ClH/c1-11(19-16(21)14-10-18-8-9-22-14)15-12(2)20-17(23-15)13-6-4-3-5-7-13;/h3-7,11,14,18H,8-10H2,1-2H3,(H,19,21);1H. The first kappa shape index (κ1) is 18.9. The summed E-state index contributed by atoms with van der Waals surface area (Å²) in [5.74, 6) is -0.0706. The Morgan fingerprint density at radius 2 is 2.17 bits per heavy atom. The van der Waals surface area contributed by atoms with E-state index in [0.29, 0.717) is 13.2 Å². The van der Waals surface area contributed by atoms with Gasteiger partial charge in [0.15, 0.2) is 0 Å². The van der Waals surface area contributed by atoms with Crippen LogP contribution in [0.2, 0.25) is 0 Å². The number of halogens is 1. The zero-order valence-corrected chi connectivity index (χ0v) is 15.4. The maximum Gasteiger partial charge on any atom is 0.250 e. The Morgan fingerprint density at radius 1 is 1.42 bits per heavy atom. The molecular formula is C17H22ClN3O2S. The summed E-state index contributed by atoms with van der Waals surface area (Å²) < 4.78 is 5.49. The molecule has 2 N–H and O–H groups in total. The van der Waals surface area contributed by atoms with Crippen LogP contribution in [0.25, 0.3) is 10.6 Å². The fraction of sp³-hybridized carbons (Fsp3) is 0.412. The summed E-state index contributed by atoms with van der Waals surface area (Å²) in [6.07, 6.45) is -0.409. The molecule has 2 aromatic rings. The monoisotopic (exact) mass is 367 g/mol. The van der Waals surface area contributed by atoms with Crippen LogP contribution in [0.15, 0.2) is 30.3 Å². The predicted molar refractivity (Wildman–Crippen MR) is 98.7 cm³/mol. The van der Waals surface area contributed by atoms with Crippen LogP contribution in [-0.2, 0) is 9.53 Å². The van der Waals surface area contributed by atoms with Crippen molar-refractivity contribution in [2.45, 2.75) is 26.0 Å². The Morgan fingerprint density at radius 3 is 2.83 bits per heavy atom. The molecule has 1 saturated heterocycles. The molecule has 0 radical (unpaired) electrons. The number of hydrogen-bond acceptors (Lipinski definition) is 5. The lowest BCUT2D eigenvalue weighted by molar-refractivity contribution is -0.134. The third kappa shape index (κ3) is 4.33. The molecule has 0 aliphatic carbocycles. The minimum absolute atomic E-state index is 0. The summed E-state index contributed by atoms with van der Waals surface area (Å²) in [6, 6.07) is 10.0. The highest BCUT2D eigenvalue weighted by Crippen LogP contribution is 2.31. The Bertz CT molecular complexity index is 672. The minimum Gasteiger partial charge on any atom is -0.366 e. The number of rotatable bonds is 4. The molecule has 5 nitrogen and oxygen atoms in total. The van der Waals surface area contributed by atoms with E-state index in [-0.39, 0.29) is 24.4 Å². The van der Waals surface area contributed by atoms with Gasteiger partial charge in [0.25, 0.3) is 5.91 Å². The molecule has 2 atom stereocenters. The highest BCUT2D eigenvalue weighted by Gasteiger charge is 2.24. The zero-order chi connectivity index (χ0) is 16.2. The van der Waals surface area contributed by atoms with Gasteiger partial charge in [0.2, 0.25) is 0 Å². The van der Waals surface area contributed by atoms with Crippen LogP contribution < -0.4 is 10.6 Å². The molecule has 2 unspecified atom stereocenters. The highest BCUT2D eigenvalue weighted by atomic mass is 35.5. The molecule has 1 aliphatic rings. The quantitative estimate of drug-likeness (QED) is 0.872. The van der Waals surface area contributed by atoms with Crippen LogP contribution in [0.1, 0.15) is 23.5 Å². The van der Waals surface area contributed by atoms with Crippen LogP contribution in [0.3, 0.4) is 0 Å². The molecule has 2 heterocycles. The van der Waals surface area contributed by atoms with Crippen molar-refractivity contribution in [1.82, 2.24) is 15.6 Å². The predicted octanol–water partition coefficient (Wildman–Crippen LogP) is 2.71. The van der Waals surface area contributed by atoms with E-state index in [9.17, 15) is 4.79 Å². The lowest BCUT2D eigenvalue weighted by atomic mass is 10.2. The second-order valence-electron chi connectivity index (χ2n) is 5.63. The van der Waals surface area contributed by atoms with Crippen LogP contribution in [-0.4, -0.2) is 36.7 Å². The van der Waals surface area contributed by atoms with E-state index in [4.69, 9.17) is 4.74 Å². The van der Waals surface area contributed by atoms with Gasteiger partial charge in [-0.25, -0.2) is 4.98 Å². The van der Waals surface area contributed by atoms with E-state index in [1.807, 2.05) is 44.2 Å². The molecule has 0 saturated carbocycles. The number of aryl methyl sites for hydroxylation is 1. The lowest BCUT2D eigenvalue weighted by Gasteiger charge is -2.24. The molecule has 1 aliphatic heterocycles. The molecule has 1 aromatic heterocycles. The van der Waals surface area contributed by atoms with Crippen LogP contribution in [0.4, 0.5) is 0 Å². The number of thiazole rings is 1. The third-order valence-electron chi connectivity index (χ3n) is 3.83. The number of benzene rings is 1. The molecule has 0 spiro atoms. The first-order valence-electron chi connectivity index (χ1n) is 7.80. The number of amides is 1. The number of carbonyl (C=O) groups is 1. The Labute approximate surface area is 152 Å². The van der Waals surface area contributed by atoms with Crippen molar-refractivity contribution >= 4 is 29.7 Å². The molecule has 3 rings (SSSR count). The van der Waals surface area contributed by atoms with Gasteiger partial charge in [0.1, 0.15) is 11.1 Å². The van der Waals surface area contributed by atoms with Crippen molar-refractivity contribution < 1.29 is 9.53 Å². The Kier molecular flexibility index (Phi) is 6.74. The van der Waals surface area contributed by atoms with Crippen molar-refractivity contribution in [3.63, 3.8) is 0 Å². The van der Waals surface area contributed by atoms with Crippen molar-refractivity contribution in [3.8, 4) is 10.6 Å². The summed E-state index contributed by atoms with van der Waals surface area (Å²) >= 11 is 1.63. The van der Waals surface area contributed by atoms with Gasteiger partial charge >= 0.3 is 0 Å². The summed E-state index contributed by atoms with van der Waals surface area (Å²) in [5.41, 5.74) is 2.06. The van der Waals surface area contributed by atoms with Gasteiger partial charge in [0, 0.05) is 18.7 Å². The lowest BCUT2D eigenvalue weighted by Crippen LogP contribution is -2.48. The second-order valence-corrected chi connectivity index (χ2v) is 6.66. The van der Waals surface area contributed by atoms with Gasteiger partial charge in [-0.05, 0) is 13.8 Å². The van der Waals surface area contributed by atoms with Crippen molar-refractivity contribution in [3.05, 3.63) is 40.9 Å². The first-order valence-corrected chi connectivity index (χ1v) is 8.62. The van der Waals surface area contributed by atoms with Crippen LogP contribution >= 0.6 is 23.7 Å². The van der Waals surface area contributed by atoms with E-state index < -0.39 is 6.10 Å². The van der Waals surface area contributed by atoms with E-state index in [2.05, 4.69) is 15.6 Å². The number of carbonyl (C=O) groups excluding carboxylic acids is 1. The number of nitrogens with zero attached hydrogens (tertiary/aromatic N) is 1. The molecule has 1 aromatic carbocycles. The first-order chi connectivity index (χ1) is 11.1. The van der Waals surface area contributed by atoms with Crippen molar-refractivity contribution in [2.75, 3.05) is 19.7 Å². The van der Waals surface area contributed by atoms with Gasteiger partial charge in [-0.2, -0.15) is 0 Å². The summed E-state index contributed by atoms with van der Waals surface area (Å²) in [6.45, 7) is 5.91. The fourth-order valence-electron chi connectivity index (χ4n) is 2.62. The molecule has 0 bridgehead atoms. The van der Waals surface area contributed by atoms with Gasteiger partial charge in [0.05, 0.1) is 23.2 Å². The van der Waals surface area contributed by atoms with E-state index in [1.165, 1.54) is 0 Å². The van der Waals surface area contributed by atoms with E-state index in [1.54, 1.807) is 11.3 Å². The summed E-state index contributed by atoms with van der Waals surface area (Å²) in [7, 11) is 0. The smallest absolute Gasteiger partial charge is 0.250 e. The Hall–Kier alpha value is -1.47. The average molecular weight is 368 g/mol. The average Bonchev–Trinajstić information content (AvgIpc) is 2.98. The maximum absolute atomic E-state index is 12.3. The molecule has 1 fully saturated rings. The van der Waals surface area contributed by atoms with E-state index in [0.717, 1.165) is 27.7 Å². The fourth-order valence-corrected chi connectivity index (χ4v) is 3.69. The van der Waals surface area contributed by atoms with Gasteiger partial charge in [-0.1, -0.05) is 30.3 Å². The summed E-state index contributed by atoms with van der Waals surface area (Å²) in [5, 5.41) is 7.19. The largest absolute Gasteiger partial charge is 0.366 e. The third-order valence-corrected chi connectivity index (χ3v) is 5.21. The normalized spacial score (nSPS) is 18.5. The number of ether oxygens (including phenoxy) is 1. The minimum atomic E-state index is -0.409. The van der Waals surface area contributed by atoms with Crippen molar-refractivity contribution in [2.24, 2.45) is 0 Å². The maximum atomic E-state index is 12.3. The number of morpholine rings is 1. The molecular weight excluding hydrogens is 346 g/mol. The van der Waals surface area contributed by atoms with Gasteiger partial charge in [-0.3, -0.25) is 4.79 Å². The summed E-state index contributed by atoms with van der Waals surface area (Å²) in [4.78, 5) is 18.0. The Balaban J connectivity index is 0.00000208. The second kappa shape index (κ2) is 8.58. The van der Waals surface area contributed by atoms with Crippen LogP contribution in [0.5, 0.6) is 0 Å². The number of aromatic nitrogens is 1. The molecule has 7 heteroatoms.